The summed E-state index contributed by atoms with van der Waals surface area (Å²) in [4.78, 5) is 14.4. The molecule has 2 heterocycles. The van der Waals surface area contributed by atoms with Crippen LogP contribution in [-0.4, -0.2) is 43.7 Å². The maximum Gasteiger partial charge on any atom is 0.322 e. The van der Waals surface area contributed by atoms with E-state index in [1.807, 2.05) is 0 Å². The Morgan fingerprint density at radius 1 is 1.32 bits per heavy atom. The normalized spacial score (nSPS) is 15.2. The first-order chi connectivity index (χ1) is 12.0. The summed E-state index contributed by atoms with van der Waals surface area (Å²) in [5, 5.41) is 10.7. The van der Waals surface area contributed by atoms with Crippen LogP contribution in [0.1, 0.15) is 19.8 Å². The lowest BCUT2D eigenvalue weighted by Crippen LogP contribution is -2.29. The first-order valence-electron chi connectivity index (χ1n) is 7.89. The molecule has 0 radical (unpaired) electrons. The Balaban J connectivity index is 1.57. The zero-order valence-electron chi connectivity index (χ0n) is 13.6. The molecule has 0 bridgehead atoms. The smallest absolute Gasteiger partial charge is 0.322 e. The molecule has 2 aromatic rings. The molecule has 1 saturated heterocycles. The summed E-state index contributed by atoms with van der Waals surface area (Å²) < 4.78 is 6.24. The number of halogens is 1. The predicted molar refractivity (Wildman–Crippen MR) is 104 cm³/mol. The van der Waals surface area contributed by atoms with Gasteiger partial charge in [-0.05, 0) is 44.0 Å². The molecule has 1 aromatic heterocycles. The molecule has 25 heavy (non-hydrogen) atoms. The summed E-state index contributed by atoms with van der Waals surface area (Å²) in [6.45, 7) is 3.74. The Bertz CT molecular complexity index is 760. The van der Waals surface area contributed by atoms with Gasteiger partial charge in [-0.3, -0.25) is 10.1 Å². The van der Waals surface area contributed by atoms with Crippen LogP contribution in [0, 0.1) is 0 Å². The fourth-order valence-electron chi connectivity index (χ4n) is 2.37. The van der Waals surface area contributed by atoms with Crippen LogP contribution in [0.5, 0.6) is 0 Å². The third-order valence-corrected chi connectivity index (χ3v) is 5.58. The van der Waals surface area contributed by atoms with Crippen molar-refractivity contribution in [1.82, 2.24) is 15.1 Å². The molecule has 6 nitrogen and oxygen atoms in total. The maximum atomic E-state index is 12.3. The molecule has 132 valence electrons. The second-order valence-electron chi connectivity index (χ2n) is 5.63. The van der Waals surface area contributed by atoms with Crippen molar-refractivity contribution in [2.45, 2.75) is 25.0 Å². The molecule has 1 aromatic carbocycles. The number of thioether (sulfide) groups is 1. The number of carbonyl (C=O) groups is 1. The zero-order valence-corrected chi connectivity index (χ0v) is 16.0. The van der Waals surface area contributed by atoms with E-state index in [1.165, 1.54) is 11.8 Å². The molecule has 0 spiro atoms. The highest BCUT2D eigenvalue weighted by molar-refractivity contribution is 8.23. The lowest BCUT2D eigenvalue weighted by atomic mass is 10.2. The Hall–Kier alpha value is -1.64. The molecule has 1 unspecified atom stereocenters. The van der Waals surface area contributed by atoms with Crippen molar-refractivity contribution in [3.8, 4) is 11.5 Å². The van der Waals surface area contributed by atoms with Gasteiger partial charge in [0.15, 0.2) is 0 Å². The van der Waals surface area contributed by atoms with Gasteiger partial charge in [-0.25, -0.2) is 0 Å². The summed E-state index contributed by atoms with van der Waals surface area (Å²) in [5.74, 6) is 0.0951. The number of benzene rings is 1. The third-order valence-electron chi connectivity index (χ3n) is 3.76. The van der Waals surface area contributed by atoms with E-state index >= 15 is 0 Å². The SMILES string of the molecule is CC(SC(=S)N1CCCC1)C(=O)Nc1nnc(-c2ccc(Cl)cc2)o1. The summed E-state index contributed by atoms with van der Waals surface area (Å²) in [5.41, 5.74) is 0.732. The van der Waals surface area contributed by atoms with Gasteiger partial charge in [0.05, 0.1) is 5.25 Å². The van der Waals surface area contributed by atoms with Crippen molar-refractivity contribution in [3.63, 3.8) is 0 Å². The average Bonchev–Trinajstić information content (AvgIpc) is 3.27. The molecule has 1 atom stereocenters. The van der Waals surface area contributed by atoms with Crippen molar-refractivity contribution < 1.29 is 9.21 Å². The number of anilines is 1. The van der Waals surface area contributed by atoms with Crippen molar-refractivity contribution in [3.05, 3.63) is 29.3 Å². The van der Waals surface area contributed by atoms with E-state index in [0.29, 0.717) is 10.9 Å². The first kappa shape index (κ1) is 18.2. The van der Waals surface area contributed by atoms with Crippen LogP contribution in [-0.2, 0) is 4.79 Å². The fourth-order valence-corrected chi connectivity index (χ4v) is 3.91. The molecule has 1 aliphatic rings. The van der Waals surface area contributed by atoms with Crippen LogP contribution in [0.25, 0.3) is 11.5 Å². The number of likely N-dealkylation sites (tertiary alicyclic amines) is 1. The Morgan fingerprint density at radius 2 is 2.00 bits per heavy atom. The van der Waals surface area contributed by atoms with E-state index in [-0.39, 0.29) is 17.2 Å². The Labute approximate surface area is 160 Å². The molecule has 1 fully saturated rings. The number of aromatic nitrogens is 2. The van der Waals surface area contributed by atoms with Crippen molar-refractivity contribution in [2.75, 3.05) is 18.4 Å². The van der Waals surface area contributed by atoms with Gasteiger partial charge in [-0.15, -0.1) is 5.10 Å². The molecular weight excluding hydrogens is 380 g/mol. The second kappa shape index (κ2) is 8.16. The van der Waals surface area contributed by atoms with Crippen LogP contribution in [0.4, 0.5) is 6.01 Å². The largest absolute Gasteiger partial charge is 0.403 e. The van der Waals surface area contributed by atoms with Gasteiger partial charge in [-0.2, -0.15) is 0 Å². The number of carbonyl (C=O) groups excluding carboxylic acids is 1. The minimum absolute atomic E-state index is 0.0643. The van der Waals surface area contributed by atoms with E-state index in [2.05, 4.69) is 20.4 Å². The minimum Gasteiger partial charge on any atom is -0.403 e. The van der Waals surface area contributed by atoms with Gasteiger partial charge in [0, 0.05) is 23.7 Å². The van der Waals surface area contributed by atoms with Crippen LogP contribution in [0.3, 0.4) is 0 Å². The zero-order chi connectivity index (χ0) is 17.8. The highest BCUT2D eigenvalue weighted by atomic mass is 35.5. The summed E-state index contributed by atoms with van der Waals surface area (Å²) in [7, 11) is 0. The van der Waals surface area contributed by atoms with Gasteiger partial charge >= 0.3 is 6.01 Å². The minimum atomic E-state index is -0.348. The summed E-state index contributed by atoms with van der Waals surface area (Å²) in [6.07, 6.45) is 2.30. The third kappa shape index (κ3) is 4.71. The summed E-state index contributed by atoms with van der Waals surface area (Å²) >= 11 is 12.6. The average molecular weight is 397 g/mol. The monoisotopic (exact) mass is 396 g/mol. The highest BCUT2D eigenvalue weighted by Crippen LogP contribution is 2.23. The predicted octanol–water partition coefficient (Wildman–Crippen LogP) is 3.83. The Morgan fingerprint density at radius 3 is 2.68 bits per heavy atom. The number of nitrogens with zero attached hydrogens (tertiary/aromatic N) is 3. The van der Waals surface area contributed by atoms with Gasteiger partial charge in [0.2, 0.25) is 11.8 Å². The van der Waals surface area contributed by atoms with E-state index in [0.717, 1.165) is 35.8 Å². The van der Waals surface area contributed by atoms with Crippen molar-refractivity contribution in [1.29, 1.82) is 0 Å². The molecular formula is C16H17ClN4O2S2. The van der Waals surface area contributed by atoms with Crippen LogP contribution in [0.2, 0.25) is 5.02 Å². The first-order valence-corrected chi connectivity index (χ1v) is 9.55. The number of hydrogen-bond donors (Lipinski definition) is 1. The standard InChI is InChI=1S/C16H17ClN4O2S2/c1-10(25-16(24)21-8-2-3-9-21)13(22)18-15-20-19-14(23-15)11-4-6-12(17)7-5-11/h4-7,10H,2-3,8-9H2,1H3,(H,18,20,22). The fraction of sp³-hybridized carbons (Fsp3) is 0.375. The molecule has 1 aliphatic heterocycles. The highest BCUT2D eigenvalue weighted by Gasteiger charge is 2.22. The Kier molecular flexibility index (Phi) is 5.93. The molecule has 1 amide bonds. The van der Waals surface area contributed by atoms with E-state index in [9.17, 15) is 4.79 Å². The second-order valence-corrected chi connectivity index (χ2v) is 8.04. The van der Waals surface area contributed by atoms with E-state index < -0.39 is 0 Å². The number of nitrogens with one attached hydrogen (secondary N) is 1. The molecule has 0 aliphatic carbocycles. The lowest BCUT2D eigenvalue weighted by Gasteiger charge is -2.19. The molecule has 9 heteroatoms. The topological polar surface area (TPSA) is 71.3 Å². The van der Waals surface area contributed by atoms with Crippen LogP contribution < -0.4 is 5.32 Å². The lowest BCUT2D eigenvalue weighted by molar-refractivity contribution is -0.115. The van der Waals surface area contributed by atoms with E-state index in [1.54, 1.807) is 31.2 Å². The van der Waals surface area contributed by atoms with Crippen molar-refractivity contribution in [2.24, 2.45) is 0 Å². The van der Waals surface area contributed by atoms with Gasteiger partial charge < -0.3 is 9.32 Å². The van der Waals surface area contributed by atoms with Crippen LogP contribution in [0.15, 0.2) is 28.7 Å². The quantitative estimate of drug-likeness (QED) is 0.787. The van der Waals surface area contributed by atoms with E-state index in [4.69, 9.17) is 28.2 Å². The molecule has 1 N–H and O–H groups in total. The van der Waals surface area contributed by atoms with Gasteiger partial charge in [0.1, 0.15) is 4.32 Å². The van der Waals surface area contributed by atoms with Gasteiger partial charge in [0.25, 0.3) is 0 Å². The van der Waals surface area contributed by atoms with Crippen LogP contribution >= 0.6 is 35.6 Å². The molecule has 0 saturated carbocycles. The van der Waals surface area contributed by atoms with Crippen molar-refractivity contribution >= 4 is 51.8 Å². The summed E-state index contributed by atoms with van der Waals surface area (Å²) in [6, 6.07) is 7.08. The number of rotatable bonds is 4. The maximum absolute atomic E-state index is 12.3. The van der Waals surface area contributed by atoms with Gasteiger partial charge in [-0.1, -0.05) is 40.7 Å². The molecule has 3 rings (SSSR count). The number of thiocarbonyl (C=S) groups is 1. The number of hydrogen-bond acceptors (Lipinski definition) is 6. The number of amides is 1.